The van der Waals surface area contributed by atoms with Gasteiger partial charge in [-0.3, -0.25) is 8.92 Å². The first kappa shape index (κ1) is 9.51. The molecule has 32 valence electrons. The number of hydrogen-bond acceptors (Lipinski definition) is 4. The van der Waals surface area contributed by atoms with E-state index in [0.717, 1.165) is 0 Å². The molecule has 0 atom stereocenters. The summed E-state index contributed by atoms with van der Waals surface area (Å²) in [7, 11) is -1.42. The first-order valence-corrected chi connectivity index (χ1v) is 3.96. The predicted octanol–water partition coefficient (Wildman–Crippen LogP) is -1.24. The monoisotopic (exact) mass is 212 g/mol. The normalized spacial score (nSPS) is 2.67. The Morgan fingerprint density at radius 2 is 1.17 bits per heavy atom. The molecule has 0 aliphatic heterocycles. The molecule has 0 unspecified atom stereocenters. The van der Waals surface area contributed by atoms with Gasteiger partial charge in [-0.25, -0.2) is 0 Å². The maximum atomic E-state index is 8.54. The van der Waals surface area contributed by atoms with E-state index in [1.54, 1.807) is 0 Å². The molecule has 0 saturated heterocycles. The average Bonchev–Trinajstić information content (AvgIpc) is 1.39. The Kier molecular flexibility index (Phi) is 29.9. The summed E-state index contributed by atoms with van der Waals surface area (Å²) in [5, 5.41) is 0. The molecular formula is O4SiSn. The van der Waals surface area contributed by atoms with Crippen molar-refractivity contribution in [2.24, 2.45) is 0 Å². The predicted molar refractivity (Wildman–Crippen MR) is 14.3 cm³/mol. The molecule has 0 rings (SSSR count). The molecule has 0 radical (unpaired) electrons. The number of rotatable bonds is 0. The standard InChI is InChI=1S/O2Si.2O.Sn/c1-3-2;;;. The zero-order valence-electron chi connectivity index (χ0n) is 2.63. The molecule has 6 heavy (non-hydrogen) atoms. The summed E-state index contributed by atoms with van der Waals surface area (Å²) in [5.41, 5.74) is 0. The van der Waals surface area contributed by atoms with Crippen LogP contribution in [0.3, 0.4) is 0 Å². The first-order valence-electron chi connectivity index (χ1n) is 0.816. The van der Waals surface area contributed by atoms with Crippen molar-refractivity contribution in [2.75, 3.05) is 0 Å². The van der Waals surface area contributed by atoms with Gasteiger partial charge >= 0.3 is 36.6 Å². The Labute approximate surface area is 45.9 Å². The zero-order valence-corrected chi connectivity index (χ0v) is 6.49. The van der Waals surface area contributed by atoms with Crippen molar-refractivity contribution in [3.63, 3.8) is 0 Å². The minimum atomic E-state index is -2.27. The molecule has 0 fully saturated rings. The van der Waals surface area contributed by atoms with Crippen molar-refractivity contribution in [1.29, 1.82) is 0 Å². The van der Waals surface area contributed by atoms with Gasteiger partial charge in [-0.2, -0.15) is 0 Å². The Balaban J connectivity index is 0. The fourth-order valence-corrected chi connectivity index (χ4v) is 0. The SMILES string of the molecule is O=[Si]=O.[O]=[Sn]=[O]. The summed E-state index contributed by atoms with van der Waals surface area (Å²) in [6, 6.07) is 0. The van der Waals surface area contributed by atoms with Gasteiger partial charge in [0.1, 0.15) is 0 Å². The molecule has 0 N–H and O–H groups in total. The van der Waals surface area contributed by atoms with Gasteiger partial charge in [-0.05, 0) is 0 Å². The maximum absolute atomic E-state index is 8.54. The van der Waals surface area contributed by atoms with E-state index < -0.39 is 30.4 Å². The van der Waals surface area contributed by atoms with Gasteiger partial charge in [0.05, 0.1) is 0 Å². The van der Waals surface area contributed by atoms with E-state index >= 15 is 0 Å². The fraction of sp³-hybridized carbons (Fsp3) is 0. The van der Waals surface area contributed by atoms with Gasteiger partial charge in [0, 0.05) is 0 Å². The van der Waals surface area contributed by atoms with Crippen molar-refractivity contribution in [3.05, 3.63) is 0 Å². The summed E-state index contributed by atoms with van der Waals surface area (Å²) in [6.07, 6.45) is 0. The van der Waals surface area contributed by atoms with Crippen molar-refractivity contribution in [1.82, 2.24) is 0 Å². The molecule has 4 nitrogen and oxygen atoms in total. The molecule has 0 aromatic heterocycles. The molecule has 0 aromatic carbocycles. The van der Waals surface area contributed by atoms with Crippen LogP contribution in [0.15, 0.2) is 0 Å². The van der Waals surface area contributed by atoms with Crippen molar-refractivity contribution >= 4 is 30.4 Å². The van der Waals surface area contributed by atoms with Crippen LogP contribution in [0.2, 0.25) is 0 Å². The van der Waals surface area contributed by atoms with E-state index in [0.29, 0.717) is 0 Å². The zero-order chi connectivity index (χ0) is 5.41. The van der Waals surface area contributed by atoms with Crippen LogP contribution in [-0.2, 0) is 15.1 Å². The molecule has 0 amide bonds. The second kappa shape index (κ2) is 18.9. The third kappa shape index (κ3) is 938. The Hall–Kier alpha value is 0.216. The van der Waals surface area contributed by atoms with Crippen molar-refractivity contribution in [2.45, 2.75) is 0 Å². The Morgan fingerprint density at radius 3 is 1.17 bits per heavy atom. The van der Waals surface area contributed by atoms with Crippen LogP contribution in [0.25, 0.3) is 0 Å². The molecule has 0 aliphatic rings. The van der Waals surface area contributed by atoms with Crippen LogP contribution in [0.4, 0.5) is 0 Å². The third-order valence-corrected chi connectivity index (χ3v) is 0. The van der Waals surface area contributed by atoms with Gasteiger partial charge < -0.3 is 0 Å². The van der Waals surface area contributed by atoms with Gasteiger partial charge in [-0.1, -0.05) is 0 Å². The van der Waals surface area contributed by atoms with Crippen LogP contribution >= 0.6 is 0 Å². The topological polar surface area (TPSA) is 68.3 Å². The molecule has 0 aliphatic carbocycles. The van der Waals surface area contributed by atoms with Crippen LogP contribution in [0.1, 0.15) is 0 Å². The van der Waals surface area contributed by atoms with Gasteiger partial charge in [0.2, 0.25) is 0 Å². The molecule has 0 heterocycles. The molecule has 0 aromatic rings. The van der Waals surface area contributed by atoms with Crippen LogP contribution in [-0.4, -0.2) is 30.4 Å². The molecule has 0 saturated carbocycles. The summed E-state index contributed by atoms with van der Waals surface area (Å²) in [4.78, 5) is 0. The Morgan fingerprint density at radius 1 is 1.17 bits per heavy atom. The molecular weight excluding hydrogens is 211 g/mol. The van der Waals surface area contributed by atoms with E-state index in [1.165, 1.54) is 0 Å². The second-order valence-electron chi connectivity index (χ2n) is 0.167. The van der Waals surface area contributed by atoms with Gasteiger partial charge in [-0.15, -0.1) is 0 Å². The summed E-state index contributed by atoms with van der Waals surface area (Å²) >= 11 is -2.27. The van der Waals surface area contributed by atoms with E-state index in [1.807, 2.05) is 0 Å². The van der Waals surface area contributed by atoms with Crippen molar-refractivity contribution in [3.8, 4) is 0 Å². The summed E-state index contributed by atoms with van der Waals surface area (Å²) in [5.74, 6) is 0. The molecule has 0 spiro atoms. The van der Waals surface area contributed by atoms with E-state index in [9.17, 15) is 0 Å². The van der Waals surface area contributed by atoms with Crippen molar-refractivity contribution < 1.29 is 15.1 Å². The summed E-state index contributed by atoms with van der Waals surface area (Å²) in [6.45, 7) is 0. The average molecular weight is 211 g/mol. The third-order valence-electron chi connectivity index (χ3n) is 0. The number of hydrogen-bond donors (Lipinski definition) is 0. The van der Waals surface area contributed by atoms with Crippen LogP contribution in [0, 0.1) is 0 Å². The minimum absolute atomic E-state index is 1.42. The van der Waals surface area contributed by atoms with E-state index in [4.69, 9.17) is 15.1 Å². The fourth-order valence-electron chi connectivity index (χ4n) is 0. The molecule has 0 bridgehead atoms. The van der Waals surface area contributed by atoms with Crippen LogP contribution in [0.5, 0.6) is 0 Å². The Bertz CT molecular complexity index is 61.5. The summed E-state index contributed by atoms with van der Waals surface area (Å²) < 4.78 is 33.9. The van der Waals surface area contributed by atoms with Gasteiger partial charge in [0.25, 0.3) is 0 Å². The quantitative estimate of drug-likeness (QED) is 0.470. The second-order valence-corrected chi connectivity index (χ2v) is 0.809. The first-order chi connectivity index (χ1) is 2.83. The van der Waals surface area contributed by atoms with Crippen LogP contribution < -0.4 is 0 Å². The molecule has 6 heteroatoms. The van der Waals surface area contributed by atoms with E-state index in [-0.39, 0.29) is 0 Å². The van der Waals surface area contributed by atoms with E-state index in [2.05, 4.69) is 0 Å². The van der Waals surface area contributed by atoms with Gasteiger partial charge in [0.15, 0.2) is 0 Å².